The molecule has 2 atom stereocenters. The average molecular weight is 292 g/mol. The molecule has 9 heteroatoms. The van der Waals surface area contributed by atoms with Gasteiger partial charge in [0.1, 0.15) is 5.83 Å². The van der Waals surface area contributed by atoms with Crippen LogP contribution >= 0.6 is 0 Å². The molecule has 0 radical (unpaired) electrons. The van der Waals surface area contributed by atoms with E-state index in [-0.39, 0.29) is 25.5 Å². The summed E-state index contributed by atoms with van der Waals surface area (Å²) in [7, 11) is -2.33. The van der Waals surface area contributed by atoms with Crippen molar-refractivity contribution in [3.63, 3.8) is 0 Å². The molecule has 0 amide bonds. The van der Waals surface area contributed by atoms with Crippen LogP contribution in [0.4, 0.5) is 4.39 Å². The van der Waals surface area contributed by atoms with E-state index < -0.39 is 27.2 Å². The lowest BCUT2D eigenvalue weighted by Crippen LogP contribution is -2.51. The molecule has 1 heterocycles. The van der Waals surface area contributed by atoms with Crippen molar-refractivity contribution in [2.45, 2.75) is 17.8 Å². The maximum atomic E-state index is 12.5. The van der Waals surface area contributed by atoms with Gasteiger partial charge in [-0.05, 0) is 6.42 Å². The van der Waals surface area contributed by atoms with Gasteiger partial charge in [-0.3, -0.25) is 4.99 Å². The van der Waals surface area contributed by atoms with E-state index in [0.29, 0.717) is 0 Å². The largest absolute Gasteiger partial charge is 0.391 e. The van der Waals surface area contributed by atoms with E-state index in [9.17, 15) is 17.9 Å². The number of halogens is 1. The first-order chi connectivity index (χ1) is 8.74. The van der Waals surface area contributed by atoms with Crippen molar-refractivity contribution >= 4 is 22.2 Å². The minimum Gasteiger partial charge on any atom is -0.391 e. The number of aliphatic hydroxyl groups excluding tert-OH is 1. The van der Waals surface area contributed by atoms with E-state index in [1.807, 2.05) is 0 Å². The quantitative estimate of drug-likeness (QED) is 0.515. The Morgan fingerprint density at radius 1 is 1.58 bits per heavy atom. The van der Waals surface area contributed by atoms with Crippen molar-refractivity contribution in [1.29, 1.82) is 0 Å². The molecule has 19 heavy (non-hydrogen) atoms. The summed E-state index contributed by atoms with van der Waals surface area (Å²) in [6, 6.07) is 0. The Balaban J connectivity index is 2.90. The van der Waals surface area contributed by atoms with E-state index >= 15 is 0 Å². The second kappa shape index (κ2) is 6.22. The van der Waals surface area contributed by atoms with Crippen molar-refractivity contribution in [2.75, 3.05) is 20.1 Å². The van der Waals surface area contributed by atoms with Gasteiger partial charge in [-0.2, -0.15) is 0 Å². The highest BCUT2D eigenvalue weighted by Crippen LogP contribution is 2.16. The molecule has 0 spiro atoms. The van der Waals surface area contributed by atoms with Gasteiger partial charge in [0.2, 0.25) is 16.0 Å². The van der Waals surface area contributed by atoms with Gasteiger partial charge in [-0.1, -0.05) is 6.58 Å². The maximum Gasteiger partial charge on any atom is 0.220 e. The molecular formula is C10H17FN4O3S. The highest BCUT2D eigenvalue weighted by atomic mass is 32.2. The fraction of sp³-hybridized carbons (Fsp3) is 0.600. The van der Waals surface area contributed by atoms with Crippen LogP contribution in [-0.2, 0) is 10.0 Å². The topological polar surface area (TPSA) is 108 Å². The lowest BCUT2D eigenvalue weighted by molar-refractivity contribution is 0.104. The Morgan fingerprint density at radius 2 is 2.21 bits per heavy atom. The molecule has 0 saturated carbocycles. The molecule has 0 aromatic rings. The van der Waals surface area contributed by atoms with Crippen molar-refractivity contribution < 1.29 is 17.9 Å². The molecule has 1 aliphatic heterocycles. The first-order valence-electron chi connectivity index (χ1n) is 5.54. The number of hydrogen-bond donors (Lipinski definition) is 2. The van der Waals surface area contributed by atoms with Gasteiger partial charge in [0, 0.05) is 20.1 Å². The lowest BCUT2D eigenvalue weighted by atomic mass is 10.1. The van der Waals surface area contributed by atoms with Crippen LogP contribution in [0.5, 0.6) is 0 Å². The summed E-state index contributed by atoms with van der Waals surface area (Å²) in [5, 5.41) is 13.8. The Morgan fingerprint density at radius 3 is 2.68 bits per heavy atom. The molecule has 0 aromatic heterocycles. The highest BCUT2D eigenvalue weighted by molar-refractivity contribution is 7.89. The van der Waals surface area contributed by atoms with Gasteiger partial charge >= 0.3 is 0 Å². The number of sulfonamides is 1. The summed E-state index contributed by atoms with van der Waals surface area (Å²) in [6.45, 7) is 3.24. The number of likely N-dealkylation sites (tertiary alicyclic amines) is 1. The standard InChI is InChI=1S/C10H17FN4O3S/c1-7(11)4-14-10(13-2)15-5-8(16)3-9(6-15)19(12,17)18/h4,8-9,16H,1,3,5-6H2,2H3,(H2,12,17,18)/t8-,9+/m0/s1. The number of piperidine rings is 1. The van der Waals surface area contributed by atoms with Crippen LogP contribution in [0.1, 0.15) is 6.42 Å². The summed E-state index contributed by atoms with van der Waals surface area (Å²) >= 11 is 0. The number of β-amino-alcohol motifs (C(OH)–C–C–N with tert-alkyl or cyclic N) is 1. The summed E-state index contributed by atoms with van der Waals surface area (Å²) < 4.78 is 35.2. The van der Waals surface area contributed by atoms with Crippen LogP contribution in [0, 0.1) is 0 Å². The summed E-state index contributed by atoms with van der Waals surface area (Å²) in [5.41, 5.74) is 0. The first kappa shape index (κ1) is 15.7. The smallest absolute Gasteiger partial charge is 0.220 e. The zero-order chi connectivity index (χ0) is 14.6. The number of allylic oxidation sites excluding steroid dienone is 1. The van der Waals surface area contributed by atoms with Crippen LogP contribution in [0.15, 0.2) is 22.4 Å². The van der Waals surface area contributed by atoms with E-state index in [0.717, 1.165) is 6.21 Å². The van der Waals surface area contributed by atoms with Crippen LogP contribution < -0.4 is 5.14 Å². The summed E-state index contributed by atoms with van der Waals surface area (Å²) in [6.07, 6.45) is 0.0683. The van der Waals surface area contributed by atoms with Crippen molar-refractivity contribution in [3.8, 4) is 0 Å². The molecule has 1 saturated heterocycles. The Labute approximate surface area is 111 Å². The lowest BCUT2D eigenvalue weighted by Gasteiger charge is -2.34. The number of guanidine groups is 1. The zero-order valence-corrected chi connectivity index (χ0v) is 11.3. The maximum absolute atomic E-state index is 12.5. The van der Waals surface area contributed by atoms with Crippen molar-refractivity contribution in [3.05, 3.63) is 12.4 Å². The molecule has 108 valence electrons. The molecule has 3 N–H and O–H groups in total. The van der Waals surface area contributed by atoms with Crippen molar-refractivity contribution in [2.24, 2.45) is 15.1 Å². The van der Waals surface area contributed by atoms with Crippen LogP contribution in [-0.4, -0.2) is 62.1 Å². The molecule has 0 unspecified atom stereocenters. The number of aliphatic imine (C=N–C) groups is 2. The second-order valence-electron chi connectivity index (χ2n) is 4.23. The Hall–Kier alpha value is -1.32. The SMILES string of the molecule is C=C(F)C=NC(=NC)N1C[C@@H](O)C[C@@H](S(N)(=O)=O)C1. The fourth-order valence-corrected chi connectivity index (χ4v) is 2.72. The summed E-state index contributed by atoms with van der Waals surface area (Å²) in [4.78, 5) is 9.02. The fourth-order valence-electron chi connectivity index (χ4n) is 1.84. The van der Waals surface area contributed by atoms with Crippen LogP contribution in [0.2, 0.25) is 0 Å². The summed E-state index contributed by atoms with van der Waals surface area (Å²) in [5.74, 6) is -0.632. The zero-order valence-electron chi connectivity index (χ0n) is 10.5. The number of nitrogens with two attached hydrogens (primary N) is 1. The third kappa shape index (κ3) is 4.69. The number of rotatable bonds is 2. The predicted octanol–water partition coefficient (Wildman–Crippen LogP) is -0.750. The van der Waals surface area contributed by atoms with Gasteiger partial charge in [0.15, 0.2) is 0 Å². The number of primary sulfonamides is 1. The third-order valence-corrected chi connectivity index (χ3v) is 3.93. The molecule has 0 aliphatic carbocycles. The van der Waals surface area contributed by atoms with E-state index in [1.54, 1.807) is 0 Å². The van der Waals surface area contributed by atoms with Gasteiger partial charge in [0.25, 0.3) is 0 Å². The third-order valence-electron chi connectivity index (χ3n) is 2.66. The minimum atomic E-state index is -3.76. The highest BCUT2D eigenvalue weighted by Gasteiger charge is 2.33. The molecule has 1 fully saturated rings. The second-order valence-corrected chi connectivity index (χ2v) is 6.08. The van der Waals surface area contributed by atoms with Gasteiger partial charge in [-0.25, -0.2) is 22.9 Å². The molecule has 1 rings (SSSR count). The van der Waals surface area contributed by atoms with Gasteiger partial charge < -0.3 is 10.0 Å². The van der Waals surface area contributed by atoms with Gasteiger partial charge in [0.05, 0.1) is 17.6 Å². The minimum absolute atomic E-state index is 0.0542. The molecule has 1 aliphatic rings. The van der Waals surface area contributed by atoms with E-state index in [4.69, 9.17) is 5.14 Å². The number of nitrogens with zero attached hydrogens (tertiary/aromatic N) is 3. The first-order valence-corrected chi connectivity index (χ1v) is 7.15. The molecular weight excluding hydrogens is 275 g/mol. The monoisotopic (exact) mass is 292 g/mol. The van der Waals surface area contributed by atoms with Gasteiger partial charge in [-0.15, -0.1) is 0 Å². The van der Waals surface area contributed by atoms with Crippen molar-refractivity contribution in [1.82, 2.24) is 4.90 Å². The predicted molar refractivity (Wildman–Crippen MR) is 71.2 cm³/mol. The van der Waals surface area contributed by atoms with Crippen LogP contribution in [0.25, 0.3) is 0 Å². The molecule has 7 nitrogen and oxygen atoms in total. The number of aliphatic hydroxyl groups is 1. The molecule has 0 aromatic carbocycles. The normalized spacial score (nSPS) is 25.9. The van der Waals surface area contributed by atoms with E-state index in [2.05, 4.69) is 16.6 Å². The number of hydrogen-bond acceptors (Lipinski definition) is 4. The van der Waals surface area contributed by atoms with E-state index in [1.165, 1.54) is 11.9 Å². The Bertz CT molecular complexity index is 503. The Kier molecular flexibility index (Phi) is 5.15. The van der Waals surface area contributed by atoms with Crippen LogP contribution in [0.3, 0.4) is 0 Å². The average Bonchev–Trinajstić information content (AvgIpc) is 2.27. The molecule has 0 bridgehead atoms.